The van der Waals surface area contributed by atoms with Crippen LogP contribution in [0.4, 0.5) is 5.82 Å². The molecule has 0 N–H and O–H groups in total. The van der Waals surface area contributed by atoms with Gasteiger partial charge in [0.15, 0.2) is 0 Å². The fourth-order valence-corrected chi connectivity index (χ4v) is 3.46. The number of aryl methyl sites for hydroxylation is 1. The van der Waals surface area contributed by atoms with Crippen molar-refractivity contribution in [2.75, 3.05) is 23.7 Å². The van der Waals surface area contributed by atoms with E-state index < -0.39 is 0 Å². The Morgan fingerprint density at radius 1 is 1.44 bits per heavy atom. The molecule has 1 saturated heterocycles. The third kappa shape index (κ3) is 2.88. The lowest BCUT2D eigenvalue weighted by Gasteiger charge is -2.38. The van der Waals surface area contributed by atoms with Gasteiger partial charge in [-0.05, 0) is 36.7 Å². The number of rotatable bonds is 1. The minimum absolute atomic E-state index is 0.309. The molecule has 0 bridgehead atoms. The Morgan fingerprint density at radius 3 is 2.81 bits per heavy atom. The molecule has 1 aromatic heterocycles. The van der Waals surface area contributed by atoms with Crippen molar-refractivity contribution in [3.8, 4) is 0 Å². The Morgan fingerprint density at radius 2 is 2.19 bits per heavy atom. The van der Waals surface area contributed by atoms with Gasteiger partial charge in [0.25, 0.3) is 0 Å². The second kappa shape index (κ2) is 4.53. The lowest BCUT2D eigenvalue weighted by atomic mass is 10.2. The van der Waals surface area contributed by atoms with E-state index in [-0.39, 0.29) is 0 Å². The summed E-state index contributed by atoms with van der Waals surface area (Å²) >= 11 is 5.46. The van der Waals surface area contributed by atoms with Crippen LogP contribution in [0.1, 0.15) is 19.7 Å². The van der Waals surface area contributed by atoms with E-state index in [9.17, 15) is 0 Å². The Bertz CT molecular complexity index is 375. The molecule has 0 unspecified atom stereocenters. The number of aromatic nitrogens is 2. The van der Waals surface area contributed by atoms with Gasteiger partial charge in [-0.3, -0.25) is 0 Å². The molecule has 1 aliphatic heterocycles. The van der Waals surface area contributed by atoms with Crippen molar-refractivity contribution in [2.45, 2.75) is 25.5 Å². The summed E-state index contributed by atoms with van der Waals surface area (Å²) in [6.07, 6.45) is 0. The molecule has 3 nitrogen and oxygen atoms in total. The highest BCUT2D eigenvalue weighted by Crippen LogP contribution is 2.31. The summed E-state index contributed by atoms with van der Waals surface area (Å²) < 4.78 is 1.18. The van der Waals surface area contributed by atoms with Crippen molar-refractivity contribution in [2.24, 2.45) is 0 Å². The van der Waals surface area contributed by atoms with Gasteiger partial charge in [-0.15, -0.1) is 0 Å². The molecule has 0 aromatic carbocycles. The number of nitrogens with zero attached hydrogens (tertiary/aromatic N) is 3. The maximum Gasteiger partial charge on any atom is 0.133 e. The average molecular weight is 302 g/mol. The van der Waals surface area contributed by atoms with Crippen LogP contribution < -0.4 is 4.90 Å². The first-order valence-corrected chi connectivity index (χ1v) is 7.14. The maximum absolute atomic E-state index is 4.50. The predicted octanol–water partition coefficient (Wildman–Crippen LogP) is 2.88. The third-order valence-corrected chi connectivity index (χ3v) is 4.25. The highest BCUT2D eigenvalue weighted by atomic mass is 79.9. The number of thioether (sulfide) groups is 1. The zero-order valence-electron chi connectivity index (χ0n) is 9.83. The van der Waals surface area contributed by atoms with Crippen LogP contribution in [0.15, 0.2) is 10.7 Å². The predicted molar refractivity (Wildman–Crippen MR) is 73.2 cm³/mol. The average Bonchev–Trinajstić information content (AvgIpc) is 2.14. The largest absolute Gasteiger partial charge is 0.354 e. The lowest BCUT2D eigenvalue weighted by molar-refractivity contribution is 0.640. The Labute approximate surface area is 109 Å². The van der Waals surface area contributed by atoms with Crippen molar-refractivity contribution >= 4 is 33.5 Å². The van der Waals surface area contributed by atoms with Crippen LogP contribution in [0.5, 0.6) is 0 Å². The van der Waals surface area contributed by atoms with E-state index in [1.165, 1.54) is 0 Å². The van der Waals surface area contributed by atoms with Gasteiger partial charge < -0.3 is 4.90 Å². The summed E-state index contributed by atoms with van der Waals surface area (Å²) in [7, 11) is 0. The van der Waals surface area contributed by atoms with E-state index in [1.807, 2.05) is 24.8 Å². The molecule has 0 saturated carbocycles. The molecular formula is C11H16BrN3S. The van der Waals surface area contributed by atoms with Crippen LogP contribution in [-0.4, -0.2) is 33.6 Å². The molecule has 0 aliphatic carbocycles. The minimum atomic E-state index is 0.309. The van der Waals surface area contributed by atoms with Crippen molar-refractivity contribution in [3.63, 3.8) is 0 Å². The van der Waals surface area contributed by atoms with E-state index in [0.29, 0.717) is 4.75 Å². The van der Waals surface area contributed by atoms with Gasteiger partial charge in [-0.1, -0.05) is 0 Å². The van der Waals surface area contributed by atoms with Crippen LogP contribution >= 0.6 is 27.7 Å². The van der Waals surface area contributed by atoms with Gasteiger partial charge in [0.05, 0.1) is 0 Å². The Kier molecular flexibility index (Phi) is 3.45. The number of anilines is 1. The third-order valence-electron chi connectivity index (χ3n) is 2.54. The van der Waals surface area contributed by atoms with Crippen LogP contribution in [-0.2, 0) is 0 Å². The molecule has 0 atom stereocenters. The molecule has 1 aromatic rings. The normalized spacial score (nSPS) is 19.9. The summed E-state index contributed by atoms with van der Waals surface area (Å²) in [6.45, 7) is 8.61. The second-order valence-electron chi connectivity index (χ2n) is 4.63. The quantitative estimate of drug-likeness (QED) is 0.746. The first-order valence-electron chi connectivity index (χ1n) is 5.36. The van der Waals surface area contributed by atoms with E-state index >= 15 is 0 Å². The molecule has 0 amide bonds. The van der Waals surface area contributed by atoms with Crippen molar-refractivity contribution in [1.29, 1.82) is 0 Å². The standard InChI is InChI=1S/C11H16BrN3S/c1-8-13-9(12)6-10(14-8)15-4-5-16-11(2,3)7-15/h6H,4-5,7H2,1-3H3. The monoisotopic (exact) mass is 301 g/mol. The van der Waals surface area contributed by atoms with Gasteiger partial charge >= 0.3 is 0 Å². The van der Waals surface area contributed by atoms with Crippen LogP contribution in [0.3, 0.4) is 0 Å². The molecule has 2 heterocycles. The topological polar surface area (TPSA) is 29.0 Å². The molecule has 1 aliphatic rings. The first kappa shape index (κ1) is 12.2. The Balaban J connectivity index is 2.23. The van der Waals surface area contributed by atoms with E-state index in [0.717, 1.165) is 35.1 Å². The summed E-state index contributed by atoms with van der Waals surface area (Å²) in [4.78, 5) is 11.1. The fraction of sp³-hybridized carbons (Fsp3) is 0.636. The highest BCUT2D eigenvalue weighted by molar-refractivity contribution is 9.10. The van der Waals surface area contributed by atoms with Gasteiger partial charge in [0, 0.05) is 29.7 Å². The van der Waals surface area contributed by atoms with Gasteiger partial charge in [-0.25, -0.2) is 9.97 Å². The molecular weight excluding hydrogens is 286 g/mol. The van der Waals surface area contributed by atoms with Crippen molar-refractivity contribution in [3.05, 3.63) is 16.5 Å². The number of halogens is 1. The molecule has 1 fully saturated rings. The summed E-state index contributed by atoms with van der Waals surface area (Å²) in [5.74, 6) is 3.02. The van der Waals surface area contributed by atoms with Crippen molar-refractivity contribution in [1.82, 2.24) is 9.97 Å². The molecule has 5 heteroatoms. The van der Waals surface area contributed by atoms with Crippen LogP contribution in [0.2, 0.25) is 0 Å². The lowest BCUT2D eigenvalue weighted by Crippen LogP contribution is -2.43. The van der Waals surface area contributed by atoms with Gasteiger partial charge in [0.2, 0.25) is 0 Å². The molecule has 16 heavy (non-hydrogen) atoms. The number of hydrogen-bond donors (Lipinski definition) is 0. The van der Waals surface area contributed by atoms with Crippen molar-refractivity contribution < 1.29 is 0 Å². The second-order valence-corrected chi connectivity index (χ2v) is 7.24. The smallest absolute Gasteiger partial charge is 0.133 e. The molecule has 2 rings (SSSR count). The maximum atomic E-state index is 4.50. The van der Waals surface area contributed by atoms with Crippen LogP contribution in [0.25, 0.3) is 0 Å². The summed E-state index contributed by atoms with van der Waals surface area (Å²) in [6, 6.07) is 2.00. The minimum Gasteiger partial charge on any atom is -0.354 e. The number of hydrogen-bond acceptors (Lipinski definition) is 4. The molecule has 0 radical (unpaired) electrons. The van der Waals surface area contributed by atoms with E-state index in [1.54, 1.807) is 0 Å². The molecule has 0 spiro atoms. The first-order chi connectivity index (χ1) is 7.46. The SMILES string of the molecule is Cc1nc(Br)cc(N2CCSC(C)(C)C2)n1. The van der Waals surface area contributed by atoms with E-state index in [4.69, 9.17) is 0 Å². The molecule has 88 valence electrons. The zero-order chi connectivity index (χ0) is 11.8. The highest BCUT2D eigenvalue weighted by Gasteiger charge is 2.27. The van der Waals surface area contributed by atoms with Crippen LogP contribution in [0, 0.1) is 6.92 Å². The van der Waals surface area contributed by atoms with E-state index in [2.05, 4.69) is 44.6 Å². The fourth-order valence-electron chi connectivity index (χ4n) is 1.89. The zero-order valence-corrected chi connectivity index (χ0v) is 12.2. The van der Waals surface area contributed by atoms with Gasteiger partial charge in [-0.2, -0.15) is 11.8 Å². The van der Waals surface area contributed by atoms with Gasteiger partial charge in [0.1, 0.15) is 16.2 Å². The summed E-state index contributed by atoms with van der Waals surface area (Å²) in [5, 5.41) is 0. The summed E-state index contributed by atoms with van der Waals surface area (Å²) in [5.41, 5.74) is 0. The Hall–Kier alpha value is -0.290.